The van der Waals surface area contributed by atoms with Crippen molar-refractivity contribution in [1.82, 2.24) is 0 Å². The van der Waals surface area contributed by atoms with Crippen LogP contribution in [0.3, 0.4) is 0 Å². The molecule has 0 aromatic heterocycles. The molecule has 1 spiro atoms. The van der Waals surface area contributed by atoms with Crippen molar-refractivity contribution < 1.29 is 4.74 Å². The summed E-state index contributed by atoms with van der Waals surface area (Å²) in [6, 6.07) is 0. The monoisotopic (exact) mass is 124 g/mol. The predicted octanol–water partition coefficient (Wildman–Crippen LogP) is 1.89. The minimum Gasteiger partial charge on any atom is -0.371 e. The van der Waals surface area contributed by atoms with E-state index >= 15 is 0 Å². The van der Waals surface area contributed by atoms with Crippen LogP contribution in [0.15, 0.2) is 12.2 Å². The van der Waals surface area contributed by atoms with Crippen molar-refractivity contribution >= 4 is 0 Å². The summed E-state index contributed by atoms with van der Waals surface area (Å²) in [4.78, 5) is 0. The van der Waals surface area contributed by atoms with Gasteiger partial charge in [-0.05, 0) is 25.7 Å². The first-order valence-electron chi connectivity index (χ1n) is 3.73. The Morgan fingerprint density at radius 2 is 2.33 bits per heavy atom. The molecule has 1 fully saturated rings. The summed E-state index contributed by atoms with van der Waals surface area (Å²) in [7, 11) is 0. The molecule has 0 bridgehead atoms. The molecule has 9 heavy (non-hydrogen) atoms. The van der Waals surface area contributed by atoms with Crippen LogP contribution in [0.25, 0.3) is 0 Å². The van der Waals surface area contributed by atoms with Crippen LogP contribution in [-0.2, 0) is 4.74 Å². The Hall–Kier alpha value is -0.300. The Kier molecular flexibility index (Phi) is 1.12. The standard InChI is InChI=1S/C8H12O/c1-2-5-8(4-1)6-3-7-9-8/h1,4H,2-3,5-7H2. The fraction of sp³-hybridized carbons (Fsp3) is 0.750. The van der Waals surface area contributed by atoms with Gasteiger partial charge in [-0.15, -0.1) is 0 Å². The Balaban J connectivity index is 2.13. The molecule has 1 heteroatoms. The Morgan fingerprint density at radius 1 is 1.33 bits per heavy atom. The smallest absolute Gasteiger partial charge is 0.0866 e. The first-order valence-corrected chi connectivity index (χ1v) is 3.73. The van der Waals surface area contributed by atoms with Crippen molar-refractivity contribution in [3.8, 4) is 0 Å². The maximum Gasteiger partial charge on any atom is 0.0866 e. The lowest BCUT2D eigenvalue weighted by molar-refractivity contribution is 0.0456. The van der Waals surface area contributed by atoms with Gasteiger partial charge in [-0.1, -0.05) is 12.2 Å². The number of allylic oxidation sites excluding steroid dienone is 1. The number of hydrogen-bond acceptors (Lipinski definition) is 1. The van der Waals surface area contributed by atoms with Crippen molar-refractivity contribution in [2.24, 2.45) is 0 Å². The van der Waals surface area contributed by atoms with Crippen LogP contribution in [0.4, 0.5) is 0 Å². The molecule has 0 aromatic carbocycles. The fourth-order valence-corrected chi connectivity index (χ4v) is 1.76. The second-order valence-corrected chi connectivity index (χ2v) is 2.96. The fourth-order valence-electron chi connectivity index (χ4n) is 1.76. The van der Waals surface area contributed by atoms with Gasteiger partial charge in [-0.25, -0.2) is 0 Å². The second-order valence-electron chi connectivity index (χ2n) is 2.96. The van der Waals surface area contributed by atoms with Gasteiger partial charge in [0.15, 0.2) is 0 Å². The molecule has 1 unspecified atom stereocenters. The van der Waals surface area contributed by atoms with E-state index in [-0.39, 0.29) is 5.60 Å². The van der Waals surface area contributed by atoms with Gasteiger partial charge in [0.2, 0.25) is 0 Å². The molecule has 2 rings (SSSR count). The minimum atomic E-state index is 0.208. The molecule has 1 atom stereocenters. The van der Waals surface area contributed by atoms with Gasteiger partial charge in [0.1, 0.15) is 0 Å². The zero-order chi connectivity index (χ0) is 6.16. The van der Waals surface area contributed by atoms with E-state index in [2.05, 4.69) is 12.2 Å². The van der Waals surface area contributed by atoms with Gasteiger partial charge in [0.05, 0.1) is 5.60 Å². The number of ether oxygens (including phenoxy) is 1. The van der Waals surface area contributed by atoms with Crippen LogP contribution in [-0.4, -0.2) is 12.2 Å². The van der Waals surface area contributed by atoms with E-state index < -0.39 is 0 Å². The van der Waals surface area contributed by atoms with Gasteiger partial charge < -0.3 is 4.74 Å². The van der Waals surface area contributed by atoms with Gasteiger partial charge in [-0.3, -0.25) is 0 Å². The summed E-state index contributed by atoms with van der Waals surface area (Å²) in [5, 5.41) is 0. The lowest BCUT2D eigenvalue weighted by atomic mass is 10.0. The molecule has 1 nitrogen and oxygen atoms in total. The second kappa shape index (κ2) is 1.84. The largest absolute Gasteiger partial charge is 0.371 e. The Labute approximate surface area is 55.7 Å². The zero-order valence-corrected chi connectivity index (χ0v) is 5.60. The first-order chi connectivity index (χ1) is 4.41. The highest BCUT2D eigenvalue weighted by Gasteiger charge is 2.33. The third kappa shape index (κ3) is 0.799. The summed E-state index contributed by atoms with van der Waals surface area (Å²) < 4.78 is 5.61. The van der Waals surface area contributed by atoms with E-state index in [0.717, 1.165) is 6.61 Å². The molecule has 0 N–H and O–H groups in total. The van der Waals surface area contributed by atoms with Gasteiger partial charge in [-0.2, -0.15) is 0 Å². The van der Waals surface area contributed by atoms with E-state index in [1.54, 1.807) is 0 Å². The highest BCUT2D eigenvalue weighted by Crippen LogP contribution is 2.35. The molecule has 1 heterocycles. The molecular weight excluding hydrogens is 112 g/mol. The normalized spacial score (nSPS) is 40.9. The van der Waals surface area contributed by atoms with E-state index in [4.69, 9.17) is 4.74 Å². The molecule has 50 valence electrons. The quantitative estimate of drug-likeness (QED) is 0.448. The highest BCUT2D eigenvalue weighted by atomic mass is 16.5. The van der Waals surface area contributed by atoms with Gasteiger partial charge in [0.25, 0.3) is 0 Å². The Morgan fingerprint density at radius 3 is 2.89 bits per heavy atom. The van der Waals surface area contributed by atoms with Crippen LogP contribution in [0, 0.1) is 0 Å². The van der Waals surface area contributed by atoms with Crippen molar-refractivity contribution in [3.63, 3.8) is 0 Å². The van der Waals surface area contributed by atoms with Crippen molar-refractivity contribution in [2.75, 3.05) is 6.61 Å². The number of hydrogen-bond donors (Lipinski definition) is 0. The molecular formula is C8H12O. The topological polar surface area (TPSA) is 9.23 Å². The van der Waals surface area contributed by atoms with Crippen LogP contribution >= 0.6 is 0 Å². The summed E-state index contributed by atoms with van der Waals surface area (Å²) in [5.74, 6) is 0. The summed E-state index contributed by atoms with van der Waals surface area (Å²) in [6.45, 7) is 0.977. The highest BCUT2D eigenvalue weighted by molar-refractivity contribution is 5.10. The summed E-state index contributed by atoms with van der Waals surface area (Å²) in [6.07, 6.45) is 9.45. The molecule has 1 saturated heterocycles. The average molecular weight is 124 g/mol. The SMILES string of the molecule is C1=CC2(CC1)CCCO2. The van der Waals surface area contributed by atoms with Crippen molar-refractivity contribution in [1.29, 1.82) is 0 Å². The maximum atomic E-state index is 5.61. The average Bonchev–Trinajstić information content (AvgIpc) is 2.45. The van der Waals surface area contributed by atoms with Crippen molar-refractivity contribution in [2.45, 2.75) is 31.3 Å². The zero-order valence-electron chi connectivity index (χ0n) is 5.60. The van der Waals surface area contributed by atoms with Crippen molar-refractivity contribution in [3.05, 3.63) is 12.2 Å². The molecule has 1 aliphatic heterocycles. The lowest BCUT2D eigenvalue weighted by Gasteiger charge is -2.18. The Bertz CT molecular complexity index is 132. The molecule has 0 saturated carbocycles. The van der Waals surface area contributed by atoms with E-state index in [9.17, 15) is 0 Å². The van der Waals surface area contributed by atoms with Crippen LogP contribution in [0.5, 0.6) is 0 Å². The summed E-state index contributed by atoms with van der Waals surface area (Å²) in [5.41, 5.74) is 0.208. The van der Waals surface area contributed by atoms with Crippen LogP contribution in [0.2, 0.25) is 0 Å². The van der Waals surface area contributed by atoms with Gasteiger partial charge in [0, 0.05) is 6.61 Å². The predicted molar refractivity (Wildman–Crippen MR) is 36.3 cm³/mol. The third-order valence-corrected chi connectivity index (χ3v) is 2.29. The van der Waals surface area contributed by atoms with Crippen LogP contribution < -0.4 is 0 Å². The number of rotatable bonds is 0. The first kappa shape index (κ1) is 5.48. The molecule has 0 amide bonds. The third-order valence-electron chi connectivity index (χ3n) is 2.29. The molecule has 1 aliphatic carbocycles. The van der Waals surface area contributed by atoms with Crippen LogP contribution in [0.1, 0.15) is 25.7 Å². The molecule has 0 aromatic rings. The van der Waals surface area contributed by atoms with E-state index in [0.29, 0.717) is 0 Å². The minimum absolute atomic E-state index is 0.208. The molecule has 0 radical (unpaired) electrons. The maximum absolute atomic E-state index is 5.61. The van der Waals surface area contributed by atoms with E-state index in [1.807, 2.05) is 0 Å². The lowest BCUT2D eigenvalue weighted by Crippen LogP contribution is -2.20. The molecule has 2 aliphatic rings. The van der Waals surface area contributed by atoms with E-state index in [1.165, 1.54) is 25.7 Å². The summed E-state index contributed by atoms with van der Waals surface area (Å²) >= 11 is 0. The van der Waals surface area contributed by atoms with Gasteiger partial charge >= 0.3 is 0 Å².